The standard InChI is InChI=1S/C20H21N5S2/c1-4-6-11-24-15-9-7-8-10-16(15)27-17-13(3)22-18-14(12-21)19(26-5-2)23-25(18)20(17)24/h7-10H,4-6,11H2,1-3H3. The molecule has 0 fully saturated rings. The lowest BCUT2D eigenvalue weighted by atomic mass is 10.2. The summed E-state index contributed by atoms with van der Waals surface area (Å²) < 4.78 is 1.89. The van der Waals surface area contributed by atoms with Gasteiger partial charge in [-0.3, -0.25) is 0 Å². The third-order valence-electron chi connectivity index (χ3n) is 4.59. The highest BCUT2D eigenvalue weighted by Crippen LogP contribution is 2.49. The van der Waals surface area contributed by atoms with E-state index < -0.39 is 0 Å². The average molecular weight is 396 g/mol. The van der Waals surface area contributed by atoms with Gasteiger partial charge in [0.15, 0.2) is 11.5 Å². The number of unbranched alkanes of at least 4 members (excludes halogenated alkanes) is 1. The molecule has 0 N–H and O–H groups in total. The number of benzene rings is 1. The van der Waals surface area contributed by atoms with E-state index in [1.165, 1.54) is 10.6 Å². The van der Waals surface area contributed by atoms with Crippen molar-refractivity contribution in [2.24, 2.45) is 0 Å². The van der Waals surface area contributed by atoms with Crippen molar-refractivity contribution in [1.82, 2.24) is 14.6 Å². The van der Waals surface area contributed by atoms with E-state index in [2.05, 4.69) is 49.1 Å². The van der Waals surface area contributed by atoms with E-state index >= 15 is 0 Å². The maximum Gasteiger partial charge on any atom is 0.176 e. The fourth-order valence-corrected chi connectivity index (χ4v) is 5.16. The molecule has 27 heavy (non-hydrogen) atoms. The molecule has 1 aliphatic heterocycles. The summed E-state index contributed by atoms with van der Waals surface area (Å²) in [5, 5.41) is 15.3. The molecular weight excluding hydrogens is 374 g/mol. The average Bonchev–Trinajstić information content (AvgIpc) is 3.02. The molecule has 5 nitrogen and oxygen atoms in total. The largest absolute Gasteiger partial charge is 0.324 e. The first-order valence-electron chi connectivity index (χ1n) is 9.20. The number of anilines is 2. The quantitative estimate of drug-likeness (QED) is 0.537. The van der Waals surface area contributed by atoms with Crippen molar-refractivity contribution in [2.75, 3.05) is 17.2 Å². The van der Waals surface area contributed by atoms with Crippen LogP contribution in [0.3, 0.4) is 0 Å². The Morgan fingerprint density at radius 3 is 2.81 bits per heavy atom. The van der Waals surface area contributed by atoms with E-state index in [0.717, 1.165) is 46.6 Å². The molecule has 0 spiro atoms. The van der Waals surface area contributed by atoms with Gasteiger partial charge in [0.05, 0.1) is 16.3 Å². The van der Waals surface area contributed by atoms with E-state index in [1.54, 1.807) is 23.5 Å². The zero-order valence-corrected chi connectivity index (χ0v) is 17.3. The first-order valence-corrected chi connectivity index (χ1v) is 11.0. The van der Waals surface area contributed by atoms with Gasteiger partial charge in [-0.1, -0.05) is 44.2 Å². The second-order valence-electron chi connectivity index (χ2n) is 6.39. The first kappa shape index (κ1) is 18.2. The van der Waals surface area contributed by atoms with E-state index in [0.29, 0.717) is 11.2 Å². The molecule has 2 aromatic heterocycles. The van der Waals surface area contributed by atoms with Gasteiger partial charge < -0.3 is 4.90 Å². The Labute approximate surface area is 167 Å². The Morgan fingerprint density at radius 2 is 2.07 bits per heavy atom. The topological polar surface area (TPSA) is 57.2 Å². The van der Waals surface area contributed by atoms with Gasteiger partial charge in [0.25, 0.3) is 0 Å². The summed E-state index contributed by atoms with van der Waals surface area (Å²) in [6, 6.07) is 10.8. The van der Waals surface area contributed by atoms with Gasteiger partial charge in [-0.25, -0.2) is 4.98 Å². The minimum atomic E-state index is 0.576. The lowest BCUT2D eigenvalue weighted by Crippen LogP contribution is -2.25. The lowest BCUT2D eigenvalue weighted by Gasteiger charge is -2.33. The van der Waals surface area contributed by atoms with Crippen LogP contribution in [0.5, 0.6) is 0 Å². The smallest absolute Gasteiger partial charge is 0.176 e. The second-order valence-corrected chi connectivity index (χ2v) is 8.69. The van der Waals surface area contributed by atoms with E-state index in [4.69, 9.17) is 10.1 Å². The molecule has 0 unspecified atom stereocenters. The van der Waals surface area contributed by atoms with Crippen LogP contribution in [-0.2, 0) is 0 Å². The number of hydrogen-bond donors (Lipinski definition) is 0. The zero-order valence-electron chi connectivity index (χ0n) is 15.7. The molecular formula is C20H21N5S2. The van der Waals surface area contributed by atoms with Crippen molar-refractivity contribution in [3.05, 3.63) is 35.5 Å². The Balaban J connectivity index is 2.01. The van der Waals surface area contributed by atoms with Crippen LogP contribution in [0.2, 0.25) is 0 Å². The third-order valence-corrected chi connectivity index (χ3v) is 6.68. The van der Waals surface area contributed by atoms with Gasteiger partial charge in [-0.15, -0.1) is 11.8 Å². The molecule has 3 aromatic rings. The number of thioether (sulfide) groups is 1. The number of nitrogens with zero attached hydrogens (tertiary/aromatic N) is 5. The number of para-hydroxylation sites is 1. The van der Waals surface area contributed by atoms with Crippen LogP contribution in [-0.4, -0.2) is 26.9 Å². The third kappa shape index (κ3) is 2.97. The Kier molecular flexibility index (Phi) is 5.02. The van der Waals surface area contributed by atoms with Crippen LogP contribution in [0.15, 0.2) is 39.1 Å². The van der Waals surface area contributed by atoms with E-state index in [1.807, 2.05) is 11.4 Å². The predicted molar refractivity (Wildman–Crippen MR) is 111 cm³/mol. The van der Waals surface area contributed by atoms with Crippen LogP contribution in [0, 0.1) is 18.3 Å². The highest BCUT2D eigenvalue weighted by molar-refractivity contribution is 8.00. The van der Waals surface area contributed by atoms with Crippen molar-refractivity contribution in [1.29, 1.82) is 5.26 Å². The summed E-state index contributed by atoms with van der Waals surface area (Å²) in [6.07, 6.45) is 2.21. The van der Waals surface area contributed by atoms with Crippen molar-refractivity contribution in [3.8, 4) is 6.07 Å². The molecule has 0 amide bonds. The highest BCUT2D eigenvalue weighted by Gasteiger charge is 2.30. The summed E-state index contributed by atoms with van der Waals surface area (Å²) in [5.41, 5.74) is 3.38. The Hall–Kier alpha value is -2.17. The normalized spacial score (nSPS) is 12.7. The predicted octanol–water partition coefficient (Wildman–Crippen LogP) is 5.42. The summed E-state index contributed by atoms with van der Waals surface area (Å²) in [7, 11) is 0. The number of aryl methyl sites for hydroxylation is 1. The SMILES string of the molecule is CCCCN1c2ccccc2Sc2c(C)nc3c(C#N)c(SCC)nn3c21. The highest BCUT2D eigenvalue weighted by atomic mass is 32.2. The van der Waals surface area contributed by atoms with Gasteiger partial charge >= 0.3 is 0 Å². The summed E-state index contributed by atoms with van der Waals surface area (Å²) >= 11 is 3.34. The molecule has 3 heterocycles. The van der Waals surface area contributed by atoms with Crippen LogP contribution in [0.1, 0.15) is 37.9 Å². The van der Waals surface area contributed by atoms with Gasteiger partial charge in [-0.2, -0.15) is 14.9 Å². The molecule has 138 valence electrons. The number of hydrogen-bond acceptors (Lipinski definition) is 6. The van der Waals surface area contributed by atoms with Gasteiger partial charge in [0.2, 0.25) is 0 Å². The lowest BCUT2D eigenvalue weighted by molar-refractivity contribution is 0.741. The number of rotatable bonds is 5. The monoisotopic (exact) mass is 395 g/mol. The van der Waals surface area contributed by atoms with Crippen molar-refractivity contribution < 1.29 is 0 Å². The molecule has 4 rings (SSSR count). The van der Waals surface area contributed by atoms with Crippen LogP contribution >= 0.6 is 23.5 Å². The first-order chi connectivity index (χ1) is 13.2. The van der Waals surface area contributed by atoms with Gasteiger partial charge in [0.1, 0.15) is 16.7 Å². The molecule has 0 radical (unpaired) electrons. The molecule has 0 bridgehead atoms. The van der Waals surface area contributed by atoms with Gasteiger partial charge in [0, 0.05) is 11.4 Å². The minimum Gasteiger partial charge on any atom is -0.324 e. The fourth-order valence-electron chi connectivity index (χ4n) is 3.33. The van der Waals surface area contributed by atoms with Crippen molar-refractivity contribution >= 4 is 40.7 Å². The maximum atomic E-state index is 9.72. The summed E-state index contributed by atoms with van der Waals surface area (Å²) in [4.78, 5) is 9.48. The maximum absolute atomic E-state index is 9.72. The fraction of sp³-hybridized carbons (Fsp3) is 0.350. The Morgan fingerprint density at radius 1 is 1.26 bits per heavy atom. The molecule has 1 aromatic carbocycles. The van der Waals surface area contributed by atoms with Crippen molar-refractivity contribution in [3.63, 3.8) is 0 Å². The summed E-state index contributed by atoms with van der Waals surface area (Å²) in [6.45, 7) is 7.22. The minimum absolute atomic E-state index is 0.576. The van der Waals surface area contributed by atoms with E-state index in [9.17, 15) is 5.26 Å². The molecule has 1 aliphatic rings. The second kappa shape index (κ2) is 7.45. The number of aromatic nitrogens is 3. The van der Waals surface area contributed by atoms with Crippen LogP contribution in [0.25, 0.3) is 5.65 Å². The molecule has 0 aliphatic carbocycles. The molecule has 0 saturated heterocycles. The summed E-state index contributed by atoms with van der Waals surface area (Å²) in [5.74, 6) is 1.91. The van der Waals surface area contributed by atoms with E-state index in [-0.39, 0.29) is 0 Å². The van der Waals surface area contributed by atoms with Crippen molar-refractivity contribution in [2.45, 2.75) is 48.4 Å². The number of fused-ring (bicyclic) bond motifs is 4. The van der Waals surface area contributed by atoms with Gasteiger partial charge in [-0.05, 0) is 31.2 Å². The van der Waals surface area contributed by atoms with Crippen LogP contribution in [0.4, 0.5) is 11.5 Å². The number of nitriles is 1. The molecule has 0 atom stereocenters. The molecule has 0 saturated carbocycles. The Bertz CT molecular complexity index is 1050. The molecule has 7 heteroatoms. The zero-order chi connectivity index (χ0) is 19.0. The van der Waals surface area contributed by atoms with Crippen LogP contribution < -0.4 is 4.90 Å².